The Kier molecular flexibility index (Phi) is 5.34. The van der Waals surface area contributed by atoms with Crippen LogP contribution in [0.4, 0.5) is 0 Å². The molecule has 0 aliphatic carbocycles. The van der Waals surface area contributed by atoms with E-state index in [9.17, 15) is 0 Å². The van der Waals surface area contributed by atoms with E-state index in [1.54, 1.807) is 7.11 Å². The fraction of sp³-hybridized carbons (Fsp3) is 0.571. The summed E-state index contributed by atoms with van der Waals surface area (Å²) in [5, 5.41) is 0. The van der Waals surface area contributed by atoms with Crippen LogP contribution in [0.15, 0.2) is 6.07 Å². The van der Waals surface area contributed by atoms with Crippen LogP contribution in [0.5, 0.6) is 5.75 Å². The molecule has 0 amide bonds. The first-order chi connectivity index (χ1) is 8.02. The third-order valence-electron chi connectivity index (χ3n) is 3.24. The van der Waals surface area contributed by atoms with Crippen molar-refractivity contribution in [1.82, 2.24) is 0 Å². The molecule has 0 aromatic heterocycles. The van der Waals surface area contributed by atoms with Gasteiger partial charge in [0.25, 0.3) is 0 Å². The Balaban J connectivity index is 3.17. The van der Waals surface area contributed by atoms with Crippen molar-refractivity contribution in [2.45, 2.75) is 33.2 Å². The van der Waals surface area contributed by atoms with E-state index in [4.69, 9.17) is 10.5 Å². The van der Waals surface area contributed by atoms with Gasteiger partial charge >= 0.3 is 0 Å². The fourth-order valence-corrected chi connectivity index (χ4v) is 2.67. The number of thioether (sulfide) groups is 1. The standard InChI is InChI=1S/C14H23NOS/c1-9-8-10(2)13(12(15)6-7-17-5)14(16-4)11(9)3/h8,12H,6-7,15H2,1-5H3. The molecule has 1 unspecified atom stereocenters. The van der Waals surface area contributed by atoms with Crippen LogP contribution in [-0.2, 0) is 0 Å². The molecule has 1 atom stereocenters. The topological polar surface area (TPSA) is 35.2 Å². The first-order valence-corrected chi connectivity index (χ1v) is 7.31. The van der Waals surface area contributed by atoms with Gasteiger partial charge < -0.3 is 10.5 Å². The number of hydrogen-bond donors (Lipinski definition) is 1. The van der Waals surface area contributed by atoms with Crippen LogP contribution in [0, 0.1) is 20.8 Å². The van der Waals surface area contributed by atoms with Gasteiger partial charge in [0.15, 0.2) is 0 Å². The lowest BCUT2D eigenvalue weighted by Crippen LogP contribution is -2.15. The maximum absolute atomic E-state index is 6.28. The Bertz CT molecular complexity index is 390. The SMILES string of the molecule is COc1c(C)c(C)cc(C)c1C(N)CCSC. The largest absolute Gasteiger partial charge is 0.496 e. The van der Waals surface area contributed by atoms with Crippen LogP contribution < -0.4 is 10.5 Å². The van der Waals surface area contributed by atoms with E-state index in [-0.39, 0.29) is 6.04 Å². The van der Waals surface area contributed by atoms with Crippen molar-refractivity contribution in [3.63, 3.8) is 0 Å². The van der Waals surface area contributed by atoms with Gasteiger partial charge in [0.1, 0.15) is 5.75 Å². The molecule has 0 aliphatic rings. The predicted molar refractivity (Wildman–Crippen MR) is 77.1 cm³/mol. The zero-order valence-electron chi connectivity index (χ0n) is 11.5. The third kappa shape index (κ3) is 3.17. The highest BCUT2D eigenvalue weighted by Crippen LogP contribution is 2.34. The third-order valence-corrected chi connectivity index (χ3v) is 3.89. The van der Waals surface area contributed by atoms with Gasteiger partial charge in [0, 0.05) is 11.6 Å². The molecular weight excluding hydrogens is 230 g/mol. The summed E-state index contributed by atoms with van der Waals surface area (Å²) in [6, 6.07) is 2.27. The van der Waals surface area contributed by atoms with Crippen molar-refractivity contribution in [2.24, 2.45) is 5.73 Å². The van der Waals surface area contributed by atoms with Crippen molar-refractivity contribution in [2.75, 3.05) is 19.1 Å². The van der Waals surface area contributed by atoms with Gasteiger partial charge in [-0.25, -0.2) is 0 Å². The van der Waals surface area contributed by atoms with Gasteiger partial charge in [0.05, 0.1) is 7.11 Å². The van der Waals surface area contributed by atoms with Gasteiger partial charge in [-0.15, -0.1) is 0 Å². The Morgan fingerprint density at radius 2 is 1.94 bits per heavy atom. The summed E-state index contributed by atoms with van der Waals surface area (Å²) >= 11 is 1.83. The van der Waals surface area contributed by atoms with Crippen LogP contribution in [-0.4, -0.2) is 19.1 Å². The maximum Gasteiger partial charge on any atom is 0.127 e. The van der Waals surface area contributed by atoms with Crippen LogP contribution in [0.3, 0.4) is 0 Å². The van der Waals surface area contributed by atoms with Gasteiger partial charge in [-0.2, -0.15) is 11.8 Å². The molecule has 1 rings (SSSR count). The Hall–Kier alpha value is -0.670. The highest BCUT2D eigenvalue weighted by atomic mass is 32.2. The van der Waals surface area contributed by atoms with E-state index in [1.807, 2.05) is 11.8 Å². The lowest BCUT2D eigenvalue weighted by molar-refractivity contribution is 0.401. The lowest BCUT2D eigenvalue weighted by Gasteiger charge is -2.21. The predicted octanol–water partition coefficient (Wildman–Crippen LogP) is 3.37. The summed E-state index contributed by atoms with van der Waals surface area (Å²) in [6.07, 6.45) is 3.10. The summed E-state index contributed by atoms with van der Waals surface area (Å²) in [5.74, 6) is 2.05. The quantitative estimate of drug-likeness (QED) is 0.874. The second-order valence-electron chi connectivity index (χ2n) is 4.47. The molecule has 0 saturated carbocycles. The van der Waals surface area contributed by atoms with Crippen molar-refractivity contribution in [1.29, 1.82) is 0 Å². The number of methoxy groups -OCH3 is 1. The highest BCUT2D eigenvalue weighted by Gasteiger charge is 2.17. The minimum atomic E-state index is 0.0664. The normalized spacial score (nSPS) is 12.6. The number of nitrogens with two attached hydrogens (primary N) is 1. The molecular formula is C14H23NOS. The van der Waals surface area contributed by atoms with E-state index in [0.29, 0.717) is 0 Å². The average Bonchev–Trinajstić information content (AvgIpc) is 2.30. The van der Waals surface area contributed by atoms with Crippen molar-refractivity contribution in [3.05, 3.63) is 28.3 Å². The zero-order chi connectivity index (χ0) is 13.0. The van der Waals surface area contributed by atoms with Crippen molar-refractivity contribution < 1.29 is 4.74 Å². The molecule has 0 saturated heterocycles. The second kappa shape index (κ2) is 6.31. The van der Waals surface area contributed by atoms with E-state index in [1.165, 1.54) is 22.3 Å². The summed E-state index contributed by atoms with van der Waals surface area (Å²) in [5.41, 5.74) is 11.2. The van der Waals surface area contributed by atoms with Crippen LogP contribution in [0.25, 0.3) is 0 Å². The first-order valence-electron chi connectivity index (χ1n) is 5.92. The number of hydrogen-bond acceptors (Lipinski definition) is 3. The summed E-state index contributed by atoms with van der Waals surface area (Å²) in [4.78, 5) is 0. The van der Waals surface area contributed by atoms with Gasteiger partial charge in [-0.3, -0.25) is 0 Å². The van der Waals surface area contributed by atoms with Crippen LogP contribution in [0.1, 0.15) is 34.7 Å². The molecule has 0 spiro atoms. The second-order valence-corrected chi connectivity index (χ2v) is 5.46. The minimum Gasteiger partial charge on any atom is -0.496 e. The molecule has 3 heteroatoms. The van der Waals surface area contributed by atoms with Crippen LogP contribution >= 0.6 is 11.8 Å². The number of benzene rings is 1. The summed E-state index contributed by atoms with van der Waals surface area (Å²) in [6.45, 7) is 6.32. The molecule has 0 radical (unpaired) electrons. The monoisotopic (exact) mass is 253 g/mol. The molecule has 2 nitrogen and oxygen atoms in total. The van der Waals surface area contributed by atoms with Gasteiger partial charge in [-0.1, -0.05) is 6.07 Å². The average molecular weight is 253 g/mol. The molecule has 0 bridgehead atoms. The van der Waals surface area contributed by atoms with E-state index in [0.717, 1.165) is 17.9 Å². The lowest BCUT2D eigenvalue weighted by atomic mass is 9.93. The zero-order valence-corrected chi connectivity index (χ0v) is 12.3. The summed E-state index contributed by atoms with van der Waals surface area (Å²) < 4.78 is 5.55. The maximum atomic E-state index is 6.28. The smallest absolute Gasteiger partial charge is 0.127 e. The van der Waals surface area contributed by atoms with Crippen LogP contribution in [0.2, 0.25) is 0 Å². The van der Waals surface area contributed by atoms with Crippen molar-refractivity contribution >= 4 is 11.8 Å². The molecule has 0 aliphatic heterocycles. The fourth-order valence-electron chi connectivity index (χ4n) is 2.18. The van der Waals surface area contributed by atoms with Crippen molar-refractivity contribution in [3.8, 4) is 5.75 Å². The molecule has 1 aromatic rings. The van der Waals surface area contributed by atoms with Gasteiger partial charge in [0.2, 0.25) is 0 Å². The molecule has 96 valence electrons. The number of ether oxygens (including phenoxy) is 1. The molecule has 17 heavy (non-hydrogen) atoms. The van der Waals surface area contributed by atoms with Gasteiger partial charge in [-0.05, 0) is 55.9 Å². The Morgan fingerprint density at radius 3 is 2.47 bits per heavy atom. The number of aryl methyl sites for hydroxylation is 2. The summed E-state index contributed by atoms with van der Waals surface area (Å²) in [7, 11) is 1.73. The molecule has 2 N–H and O–H groups in total. The van der Waals surface area contributed by atoms with E-state index in [2.05, 4.69) is 33.1 Å². The Morgan fingerprint density at radius 1 is 1.29 bits per heavy atom. The minimum absolute atomic E-state index is 0.0664. The first kappa shape index (κ1) is 14.4. The van der Waals surface area contributed by atoms with E-state index < -0.39 is 0 Å². The number of rotatable bonds is 5. The Labute approximate surface area is 109 Å². The van der Waals surface area contributed by atoms with E-state index >= 15 is 0 Å². The molecule has 0 heterocycles. The molecule has 0 fully saturated rings. The molecule has 1 aromatic carbocycles. The highest BCUT2D eigenvalue weighted by molar-refractivity contribution is 7.98.